The van der Waals surface area contributed by atoms with Gasteiger partial charge in [-0.05, 0) is 12.6 Å². The van der Waals surface area contributed by atoms with Crippen LogP contribution in [0.1, 0.15) is 5.56 Å². The number of carbonyl (C=O) groups is 1. The third-order valence-corrected chi connectivity index (χ3v) is 3.34. The molecule has 18 heavy (non-hydrogen) atoms. The lowest BCUT2D eigenvalue weighted by molar-refractivity contribution is -0.132. The molecule has 4 nitrogen and oxygen atoms in total. The number of rotatable bonds is 3. The minimum atomic E-state index is 0.184. The number of carbonyl (C=O) groups excluding carboxylic acids is 1. The number of hydrogen-bond donors (Lipinski definition) is 1. The van der Waals surface area contributed by atoms with Crippen molar-refractivity contribution in [2.24, 2.45) is 0 Å². The lowest BCUT2D eigenvalue weighted by Crippen LogP contribution is -2.47. The summed E-state index contributed by atoms with van der Waals surface area (Å²) < 4.78 is 0. The standard InChI is InChI=1S/C13H18BN2O2/c1-15-6-8-16(9-7-15)13(17)10-11-2-4-12(14-18)5-3-11/h2-5,18H,6-10H2,1H3. The molecule has 1 aromatic carbocycles. The van der Waals surface area contributed by atoms with Gasteiger partial charge in [0.2, 0.25) is 5.91 Å². The number of hydrogen-bond acceptors (Lipinski definition) is 3. The Labute approximate surface area is 108 Å². The van der Waals surface area contributed by atoms with Gasteiger partial charge in [-0.25, -0.2) is 0 Å². The molecule has 0 atom stereocenters. The molecule has 1 N–H and O–H groups in total. The molecular formula is C13H18BN2O2. The molecule has 0 spiro atoms. The Morgan fingerprint density at radius 1 is 1.22 bits per heavy atom. The van der Waals surface area contributed by atoms with Crippen molar-refractivity contribution in [3.8, 4) is 0 Å². The number of likely N-dealkylation sites (N-methyl/N-ethyl adjacent to an activating group) is 1. The van der Waals surface area contributed by atoms with Gasteiger partial charge in [-0.2, -0.15) is 0 Å². The SMILES string of the molecule is CN1CCN(C(=O)Cc2ccc([B]O)cc2)CC1. The zero-order valence-corrected chi connectivity index (χ0v) is 10.7. The summed E-state index contributed by atoms with van der Waals surface area (Å²) >= 11 is 0. The van der Waals surface area contributed by atoms with Gasteiger partial charge in [-0.15, -0.1) is 0 Å². The van der Waals surface area contributed by atoms with Crippen LogP contribution in [0.25, 0.3) is 0 Å². The van der Waals surface area contributed by atoms with Gasteiger partial charge in [0, 0.05) is 26.2 Å². The summed E-state index contributed by atoms with van der Waals surface area (Å²) in [5.74, 6) is 0.184. The number of nitrogens with zero attached hydrogens (tertiary/aromatic N) is 2. The Morgan fingerprint density at radius 3 is 2.39 bits per heavy atom. The molecule has 1 aliphatic rings. The summed E-state index contributed by atoms with van der Waals surface area (Å²) in [4.78, 5) is 16.2. The van der Waals surface area contributed by atoms with Crippen LogP contribution in [0.15, 0.2) is 24.3 Å². The summed E-state index contributed by atoms with van der Waals surface area (Å²) in [6.07, 6.45) is 0.440. The zero-order chi connectivity index (χ0) is 13.0. The normalized spacial score (nSPS) is 16.7. The monoisotopic (exact) mass is 245 g/mol. The van der Waals surface area contributed by atoms with Gasteiger partial charge in [0.05, 0.1) is 6.42 Å². The molecular weight excluding hydrogens is 227 g/mol. The molecule has 1 saturated heterocycles. The van der Waals surface area contributed by atoms with Crippen LogP contribution < -0.4 is 5.46 Å². The molecule has 1 aromatic rings. The number of piperazine rings is 1. The van der Waals surface area contributed by atoms with Gasteiger partial charge in [0.15, 0.2) is 0 Å². The Morgan fingerprint density at radius 2 is 1.83 bits per heavy atom. The van der Waals surface area contributed by atoms with E-state index in [9.17, 15) is 4.79 Å². The summed E-state index contributed by atoms with van der Waals surface area (Å²) in [5.41, 5.74) is 1.75. The summed E-state index contributed by atoms with van der Waals surface area (Å²) in [7, 11) is 3.14. The van der Waals surface area contributed by atoms with E-state index < -0.39 is 0 Å². The predicted octanol–water partition coefficient (Wildman–Crippen LogP) is -0.760. The highest BCUT2D eigenvalue weighted by Crippen LogP contribution is 2.05. The predicted molar refractivity (Wildman–Crippen MR) is 71.8 cm³/mol. The van der Waals surface area contributed by atoms with Crippen molar-refractivity contribution in [2.75, 3.05) is 33.2 Å². The maximum absolute atomic E-state index is 12.1. The van der Waals surface area contributed by atoms with E-state index in [1.807, 2.05) is 29.2 Å². The quantitative estimate of drug-likeness (QED) is 0.712. The summed E-state index contributed by atoms with van der Waals surface area (Å²) in [5, 5.41) is 8.83. The van der Waals surface area contributed by atoms with Crippen molar-refractivity contribution >= 4 is 18.9 Å². The highest BCUT2D eigenvalue weighted by atomic mass is 16.2. The van der Waals surface area contributed by atoms with E-state index in [-0.39, 0.29) is 5.91 Å². The molecule has 0 unspecified atom stereocenters. The van der Waals surface area contributed by atoms with Gasteiger partial charge in [0.25, 0.3) is 0 Å². The van der Waals surface area contributed by atoms with Gasteiger partial charge in [-0.3, -0.25) is 4.79 Å². The average molecular weight is 245 g/mol. The van der Waals surface area contributed by atoms with Crippen molar-refractivity contribution in [3.63, 3.8) is 0 Å². The summed E-state index contributed by atoms with van der Waals surface area (Å²) in [6.45, 7) is 3.53. The second-order valence-electron chi connectivity index (χ2n) is 4.73. The van der Waals surface area contributed by atoms with E-state index in [0.717, 1.165) is 44.7 Å². The van der Waals surface area contributed by atoms with E-state index in [2.05, 4.69) is 11.9 Å². The maximum Gasteiger partial charge on any atom is 0.326 e. The van der Waals surface area contributed by atoms with E-state index in [0.29, 0.717) is 6.42 Å². The first-order valence-corrected chi connectivity index (χ1v) is 6.22. The van der Waals surface area contributed by atoms with E-state index in [1.165, 1.54) is 0 Å². The van der Waals surface area contributed by atoms with Crippen molar-refractivity contribution < 1.29 is 9.82 Å². The third-order valence-electron chi connectivity index (χ3n) is 3.34. The Hall–Kier alpha value is -1.33. The largest absolute Gasteiger partial charge is 0.450 e. The third kappa shape index (κ3) is 3.34. The summed E-state index contributed by atoms with van der Waals surface area (Å²) in [6, 6.07) is 7.39. The van der Waals surface area contributed by atoms with Crippen LogP contribution in [0.2, 0.25) is 0 Å². The molecule has 1 amide bonds. The highest BCUT2D eigenvalue weighted by molar-refractivity contribution is 6.45. The van der Waals surface area contributed by atoms with E-state index in [1.54, 1.807) is 0 Å². The van der Waals surface area contributed by atoms with Crippen molar-refractivity contribution in [1.82, 2.24) is 9.80 Å². The number of amides is 1. The second kappa shape index (κ2) is 6.02. The highest BCUT2D eigenvalue weighted by Gasteiger charge is 2.18. The molecule has 0 bridgehead atoms. The van der Waals surface area contributed by atoms with Gasteiger partial charge in [0.1, 0.15) is 0 Å². The Bertz CT molecular complexity index is 400. The van der Waals surface area contributed by atoms with Crippen molar-refractivity contribution in [1.29, 1.82) is 0 Å². The fourth-order valence-corrected chi connectivity index (χ4v) is 2.06. The van der Waals surface area contributed by atoms with Crippen LogP contribution in [0.3, 0.4) is 0 Å². The van der Waals surface area contributed by atoms with Crippen LogP contribution in [-0.2, 0) is 11.2 Å². The van der Waals surface area contributed by atoms with Crippen LogP contribution in [-0.4, -0.2) is 61.4 Å². The Balaban J connectivity index is 1.90. The Kier molecular flexibility index (Phi) is 4.39. The maximum atomic E-state index is 12.1. The molecule has 0 saturated carbocycles. The van der Waals surface area contributed by atoms with Crippen LogP contribution in [0.4, 0.5) is 0 Å². The molecule has 1 radical (unpaired) electrons. The van der Waals surface area contributed by atoms with Gasteiger partial charge >= 0.3 is 7.48 Å². The van der Waals surface area contributed by atoms with Crippen molar-refractivity contribution in [3.05, 3.63) is 29.8 Å². The number of benzene rings is 1. The van der Waals surface area contributed by atoms with Gasteiger partial charge < -0.3 is 14.8 Å². The first-order valence-electron chi connectivity index (χ1n) is 6.22. The fourth-order valence-electron chi connectivity index (χ4n) is 2.06. The lowest BCUT2D eigenvalue weighted by atomic mass is 9.88. The topological polar surface area (TPSA) is 43.8 Å². The van der Waals surface area contributed by atoms with Crippen LogP contribution in [0.5, 0.6) is 0 Å². The molecule has 1 aliphatic heterocycles. The van der Waals surface area contributed by atoms with E-state index >= 15 is 0 Å². The second-order valence-corrected chi connectivity index (χ2v) is 4.73. The molecule has 95 valence electrons. The minimum Gasteiger partial charge on any atom is -0.450 e. The first-order chi connectivity index (χ1) is 8.69. The first kappa shape index (κ1) is 13.1. The average Bonchev–Trinajstić information content (AvgIpc) is 2.40. The molecule has 1 fully saturated rings. The molecule has 0 aromatic heterocycles. The minimum absolute atomic E-state index is 0.184. The molecule has 5 heteroatoms. The smallest absolute Gasteiger partial charge is 0.326 e. The van der Waals surface area contributed by atoms with E-state index in [4.69, 9.17) is 5.02 Å². The fraction of sp³-hybridized carbons (Fsp3) is 0.462. The van der Waals surface area contributed by atoms with Crippen LogP contribution in [0, 0.1) is 0 Å². The lowest BCUT2D eigenvalue weighted by Gasteiger charge is -2.32. The molecule has 1 heterocycles. The molecule has 0 aliphatic carbocycles. The zero-order valence-electron chi connectivity index (χ0n) is 10.7. The van der Waals surface area contributed by atoms with Gasteiger partial charge in [-0.1, -0.05) is 29.7 Å². The van der Waals surface area contributed by atoms with Crippen LogP contribution >= 0.6 is 0 Å². The van der Waals surface area contributed by atoms with Crippen molar-refractivity contribution in [2.45, 2.75) is 6.42 Å². The molecule has 2 rings (SSSR count).